The van der Waals surface area contributed by atoms with Crippen molar-refractivity contribution in [3.05, 3.63) is 0 Å². The van der Waals surface area contributed by atoms with Crippen molar-refractivity contribution in [2.24, 2.45) is 0 Å². The number of nitrogens with one attached hydrogen (secondary N) is 1. The summed E-state index contributed by atoms with van der Waals surface area (Å²) in [5, 5.41) is 231. The third-order valence-electron chi connectivity index (χ3n) is 22.0. The minimum absolute atomic E-state index is 0.237. The maximum absolute atomic E-state index is 13.0. The Kier molecular flexibility index (Phi) is 31.9. The van der Waals surface area contributed by atoms with Crippen LogP contribution < -0.4 is 5.32 Å². The van der Waals surface area contributed by atoms with E-state index in [1.165, 1.54) is 69.4 Å². The van der Waals surface area contributed by atoms with Gasteiger partial charge in [0, 0.05) is 21.1 Å². The fourth-order valence-electron chi connectivity index (χ4n) is 15.2. The lowest BCUT2D eigenvalue weighted by atomic mass is 9.94. The first kappa shape index (κ1) is 91.8. The zero-order chi connectivity index (χ0) is 82.4. The molecule has 10 aliphatic heterocycles. The summed E-state index contributed by atoms with van der Waals surface area (Å²) in [5.41, 5.74) is 0. The molecule has 0 spiro atoms. The highest BCUT2D eigenvalue weighted by Gasteiger charge is 2.62. The summed E-state index contributed by atoms with van der Waals surface area (Å²) in [6, 6.07) is -1.63. The summed E-state index contributed by atoms with van der Waals surface area (Å²) in [4.78, 5) is 24.5. The van der Waals surface area contributed by atoms with Gasteiger partial charge in [-0.1, -0.05) is 0 Å². The van der Waals surface area contributed by atoms with Gasteiger partial charge in [-0.05, 0) is 62.3 Å². The molecule has 45 nitrogen and oxygen atoms in total. The average molecular weight is 1640 g/mol. The first-order valence-electron chi connectivity index (χ1n) is 37.2. The minimum atomic E-state index is -2.21. The summed E-state index contributed by atoms with van der Waals surface area (Å²) >= 11 is 0. The number of ether oxygens (including phenoxy) is 22. The van der Waals surface area contributed by atoms with Crippen LogP contribution in [-0.4, -0.2) is 455 Å². The predicted octanol–water partition coefficient (Wildman–Crippen LogP) is -12.5. The van der Waals surface area contributed by atoms with Gasteiger partial charge >= 0.3 is 0 Å². The molecule has 0 saturated carbocycles. The van der Waals surface area contributed by atoms with Gasteiger partial charge in [-0.15, -0.1) is 0 Å². The van der Waals surface area contributed by atoms with Crippen LogP contribution in [0.1, 0.15) is 69.2 Å². The Balaban J connectivity index is 0.910. The van der Waals surface area contributed by atoms with E-state index in [0.29, 0.717) is 0 Å². The molecule has 45 heteroatoms. The van der Waals surface area contributed by atoms with Crippen LogP contribution in [0.15, 0.2) is 0 Å². The summed E-state index contributed by atoms with van der Waals surface area (Å²) in [6.45, 7) is 11.5. The first-order valence-corrected chi connectivity index (χ1v) is 37.2. The highest BCUT2D eigenvalue weighted by atomic mass is 16.8. The number of carbonyl (C=O) groups is 2. The summed E-state index contributed by atoms with van der Waals surface area (Å²) < 4.78 is 132. The molecule has 0 radical (unpaired) electrons. The average Bonchev–Trinajstić information content (AvgIpc) is 0.759. The third kappa shape index (κ3) is 19.3. The van der Waals surface area contributed by atoms with Gasteiger partial charge in [0.05, 0.1) is 68.1 Å². The molecular weight excluding hydrogens is 1520 g/mol. The SMILES string of the molecule is CO[C@H]1[C@H](O)[C@@H](C)O[C@H](O[C@H]2[C@H](O)[C@@H](C)O[C@H](O[C@@H]3[C@H](O)[C@@H](O[C@@H]4[C@H](O)[C@@H](O[C@@H]5[C@H](O)[C@@H](OC(C=O)CO)O[C@H](C)[C@H]5O)O[C@H](C)[C@H]4O)O[C@H](C)[C@H]3O)[C@H]2O[C@@H]2O[C@H](CO)[C@@H](OC)[C@H](O)[C@H]2NC(C)=O)[C@H]1O[C@H]1O[C@H](C)[C@@H](O)[C@H](O[C@H]2O[C@H](C)[C@@H](O)[C@H](O[C@H]3O[C@H](C)[C@@H](O)[C@H](O[C@H]4O[C@H](C)[C@@H](O)[C@H](O)[C@@H]4O)[C@@H]3O)[C@@H]2O)[C@@H]1O. The number of hydrogen-bond acceptors (Lipinski definition) is 44. The van der Waals surface area contributed by atoms with Crippen molar-refractivity contribution < 1.29 is 216 Å². The molecule has 0 aromatic heterocycles. The monoisotopic (exact) mass is 1640 g/mol. The second-order valence-electron chi connectivity index (χ2n) is 30.0. The lowest BCUT2D eigenvalue weighted by Crippen LogP contribution is -2.70. The van der Waals surface area contributed by atoms with E-state index in [-0.39, 0.29) is 6.29 Å². The number of carbonyl (C=O) groups excluding carboxylic acids is 2. The number of rotatable bonds is 26. The number of aliphatic hydroxyl groups is 20. The van der Waals surface area contributed by atoms with Crippen LogP contribution in [0.4, 0.5) is 0 Å². The maximum atomic E-state index is 13.0. The third-order valence-corrected chi connectivity index (χ3v) is 22.0. The van der Waals surface area contributed by atoms with Crippen molar-refractivity contribution in [1.29, 1.82) is 0 Å². The molecule has 0 aromatic carbocycles. The lowest BCUT2D eigenvalue weighted by molar-refractivity contribution is -0.413. The quantitative estimate of drug-likeness (QED) is 0.0358. The van der Waals surface area contributed by atoms with Gasteiger partial charge in [0.15, 0.2) is 69.2 Å². The van der Waals surface area contributed by atoms with Crippen LogP contribution >= 0.6 is 0 Å². The summed E-state index contributed by atoms with van der Waals surface area (Å²) in [7, 11) is 2.33. The number of aliphatic hydroxyl groups excluding tert-OH is 20. The van der Waals surface area contributed by atoms with E-state index >= 15 is 0 Å². The van der Waals surface area contributed by atoms with Crippen LogP contribution in [0.2, 0.25) is 0 Å². The van der Waals surface area contributed by atoms with E-state index in [2.05, 4.69) is 5.32 Å². The van der Waals surface area contributed by atoms with Crippen molar-refractivity contribution in [3.8, 4) is 0 Å². The molecule has 10 fully saturated rings. The zero-order valence-corrected chi connectivity index (χ0v) is 63.2. The molecule has 1 amide bonds. The Labute approximate surface area is 641 Å². The van der Waals surface area contributed by atoms with Crippen molar-refractivity contribution in [3.63, 3.8) is 0 Å². The second-order valence-corrected chi connectivity index (χ2v) is 30.0. The standard InChI is InChI=1S/C67H113NO44/c1-16-29(73)39(83)40(84)59(93-16)104-49-31(75)18(3)95-61(42(49)86)106-50-32(76)20(5)97-63(44(50)88)108-52-34(78)21(6)99-65(45(52)89)112-56-54(92-12)36(80)23(8)100-66(56)110-55-37(81)24(9)101-67(57(55)111-58-28(68-25(10)72)38(82)47(91-11)27(15-71)103-58)109-53-35(79)22(7)98-64(46(53)90)107-51-33(77)19(4)96-62(43(51)87)105-48-30(74)17(2)94-60(41(48)85)102-26(13-69)14-70/h13,16-24,26-67,70-71,73-90H,14-15H2,1-12H3,(H,68,72)/t16-,17-,18-,19-,20-,21-,22-,23-,24-,26?,27-,28-,29-,30-,31-,32-,33-,34-,35-,36-,37-,38-,39+,40+,41+,42+,43+,44+,45+,46+,47-,48+,49+,50+,51+,52+,53+,54+,55+,56+,57+,58+,59-,60-,61-,62-,63-,64-,65-,66-,67-/m1/s1. The molecule has 0 aliphatic carbocycles. The molecule has 0 aromatic rings. The van der Waals surface area contributed by atoms with Gasteiger partial charge in [-0.3, -0.25) is 4.79 Å². The number of methoxy groups -OCH3 is 2. The molecular formula is C67H113NO44. The fraction of sp³-hybridized carbons (Fsp3) is 0.970. The topological polar surface area (TPSA) is 654 Å². The van der Waals surface area contributed by atoms with E-state index in [1.54, 1.807) is 0 Å². The normalized spacial score (nSPS) is 53.5. The van der Waals surface area contributed by atoms with Crippen LogP contribution in [0.3, 0.4) is 0 Å². The zero-order valence-electron chi connectivity index (χ0n) is 63.2. The molecule has 0 bridgehead atoms. The Bertz CT molecular complexity index is 2930. The Morgan fingerprint density at radius 1 is 0.304 bits per heavy atom. The van der Waals surface area contributed by atoms with Crippen molar-refractivity contribution in [1.82, 2.24) is 5.32 Å². The van der Waals surface area contributed by atoms with Crippen LogP contribution in [0.5, 0.6) is 0 Å². The minimum Gasteiger partial charge on any atom is -0.394 e. The molecule has 51 atom stereocenters. The van der Waals surface area contributed by atoms with E-state index in [0.717, 1.165) is 14.0 Å². The molecule has 112 heavy (non-hydrogen) atoms. The fourth-order valence-corrected chi connectivity index (χ4v) is 15.2. The first-order chi connectivity index (χ1) is 52.8. The van der Waals surface area contributed by atoms with Crippen LogP contribution in [0, 0.1) is 0 Å². The molecule has 10 heterocycles. The molecule has 10 aliphatic rings. The van der Waals surface area contributed by atoms with E-state index in [1.807, 2.05) is 0 Å². The molecule has 10 rings (SSSR count). The van der Waals surface area contributed by atoms with E-state index < -0.39 is 332 Å². The van der Waals surface area contributed by atoms with Gasteiger partial charge in [-0.25, -0.2) is 0 Å². The summed E-state index contributed by atoms with van der Waals surface area (Å²) in [5.74, 6) is -0.768. The molecule has 10 saturated heterocycles. The lowest BCUT2D eigenvalue weighted by Gasteiger charge is -2.52. The van der Waals surface area contributed by atoms with Crippen molar-refractivity contribution >= 4 is 12.2 Å². The van der Waals surface area contributed by atoms with Gasteiger partial charge in [-0.2, -0.15) is 0 Å². The van der Waals surface area contributed by atoms with E-state index in [4.69, 9.17) is 104 Å². The van der Waals surface area contributed by atoms with Crippen LogP contribution in [-0.2, 0) is 114 Å². The maximum Gasteiger partial charge on any atom is 0.217 e. The Morgan fingerprint density at radius 2 is 0.562 bits per heavy atom. The molecule has 21 N–H and O–H groups in total. The highest BCUT2D eigenvalue weighted by molar-refractivity contribution is 5.73. The van der Waals surface area contributed by atoms with Gasteiger partial charge < -0.3 is 216 Å². The Hall–Kier alpha value is -2.54. The largest absolute Gasteiger partial charge is 0.394 e. The number of amides is 1. The van der Waals surface area contributed by atoms with Gasteiger partial charge in [0.25, 0.3) is 0 Å². The summed E-state index contributed by atoms with van der Waals surface area (Å²) in [6.07, 6.45) is -86.8. The number of hydrogen-bond donors (Lipinski definition) is 21. The van der Waals surface area contributed by atoms with Gasteiger partial charge in [0.1, 0.15) is 195 Å². The smallest absolute Gasteiger partial charge is 0.217 e. The van der Waals surface area contributed by atoms with Gasteiger partial charge in [0.2, 0.25) is 5.91 Å². The second kappa shape index (κ2) is 38.9. The van der Waals surface area contributed by atoms with Crippen LogP contribution in [0.25, 0.3) is 0 Å². The molecule has 1 unspecified atom stereocenters. The number of aldehydes is 1. The van der Waals surface area contributed by atoms with E-state index in [9.17, 15) is 112 Å². The Morgan fingerprint density at radius 3 is 0.884 bits per heavy atom. The van der Waals surface area contributed by atoms with Crippen molar-refractivity contribution in [2.45, 2.75) is 382 Å². The molecule has 650 valence electrons. The van der Waals surface area contributed by atoms with Crippen molar-refractivity contribution in [2.75, 3.05) is 27.4 Å². The predicted molar refractivity (Wildman–Crippen MR) is 354 cm³/mol. The highest BCUT2D eigenvalue weighted by Crippen LogP contribution is 2.42.